The Kier molecular flexibility index (Phi) is 5.14. The van der Waals surface area contributed by atoms with Crippen molar-refractivity contribution in [2.24, 2.45) is 0 Å². The van der Waals surface area contributed by atoms with Crippen LogP contribution in [0.4, 0.5) is 10.7 Å². The summed E-state index contributed by atoms with van der Waals surface area (Å²) in [5.41, 5.74) is 1.87. The zero-order valence-electron chi connectivity index (χ0n) is 13.8. The van der Waals surface area contributed by atoms with Gasteiger partial charge in [0.15, 0.2) is 0 Å². The van der Waals surface area contributed by atoms with Gasteiger partial charge in [-0.25, -0.2) is 9.78 Å². The second-order valence-electron chi connectivity index (χ2n) is 5.84. The zero-order chi connectivity index (χ0) is 16.9. The van der Waals surface area contributed by atoms with E-state index in [0.717, 1.165) is 29.8 Å². The van der Waals surface area contributed by atoms with Crippen LogP contribution in [0.5, 0.6) is 0 Å². The highest BCUT2D eigenvalue weighted by Gasteiger charge is 2.23. The fraction of sp³-hybridized carbons (Fsp3) is 0.562. The van der Waals surface area contributed by atoms with Gasteiger partial charge < -0.3 is 24.6 Å². The number of anilines is 1. The normalized spacial score (nSPS) is 15.8. The smallest absolute Gasteiger partial charge is 0.407 e. The lowest BCUT2D eigenvalue weighted by Gasteiger charge is -2.30. The molecule has 0 spiro atoms. The van der Waals surface area contributed by atoms with E-state index in [4.69, 9.17) is 9.84 Å². The maximum atomic E-state index is 11.0. The Balaban J connectivity index is 1.73. The summed E-state index contributed by atoms with van der Waals surface area (Å²) in [6.45, 7) is 5.10. The summed E-state index contributed by atoms with van der Waals surface area (Å²) in [7, 11) is 0. The number of aromatic nitrogens is 3. The van der Waals surface area contributed by atoms with Gasteiger partial charge in [-0.15, -0.1) is 0 Å². The first-order valence-electron chi connectivity index (χ1n) is 8.31. The van der Waals surface area contributed by atoms with Crippen molar-refractivity contribution in [3.8, 4) is 0 Å². The van der Waals surface area contributed by atoms with Gasteiger partial charge in [-0.3, -0.25) is 4.98 Å². The SMILES string of the molecule is CCOCCn1c(NC2CCN(C(=O)O)CC2)nc2cnccc21. The number of piperidine rings is 1. The predicted molar refractivity (Wildman–Crippen MR) is 90.3 cm³/mol. The molecule has 0 bridgehead atoms. The van der Waals surface area contributed by atoms with E-state index in [1.54, 1.807) is 12.4 Å². The molecule has 0 unspecified atom stereocenters. The van der Waals surface area contributed by atoms with Gasteiger partial charge in [0.25, 0.3) is 0 Å². The number of nitrogens with one attached hydrogen (secondary N) is 1. The van der Waals surface area contributed by atoms with E-state index < -0.39 is 6.09 Å². The number of fused-ring (bicyclic) bond motifs is 1. The summed E-state index contributed by atoms with van der Waals surface area (Å²) < 4.78 is 7.58. The van der Waals surface area contributed by atoms with Crippen LogP contribution in [0.1, 0.15) is 19.8 Å². The minimum atomic E-state index is -0.844. The van der Waals surface area contributed by atoms with Crippen molar-refractivity contribution in [3.05, 3.63) is 18.5 Å². The van der Waals surface area contributed by atoms with Crippen molar-refractivity contribution < 1.29 is 14.6 Å². The molecule has 1 amide bonds. The van der Waals surface area contributed by atoms with Crippen LogP contribution in [-0.4, -0.2) is 63.0 Å². The maximum absolute atomic E-state index is 11.0. The van der Waals surface area contributed by atoms with Crippen molar-refractivity contribution >= 4 is 23.1 Å². The highest BCUT2D eigenvalue weighted by Crippen LogP contribution is 2.22. The molecule has 1 aliphatic rings. The van der Waals surface area contributed by atoms with Crippen molar-refractivity contribution in [1.29, 1.82) is 0 Å². The summed E-state index contributed by atoms with van der Waals surface area (Å²) >= 11 is 0. The number of rotatable bonds is 6. The zero-order valence-corrected chi connectivity index (χ0v) is 13.8. The highest BCUT2D eigenvalue weighted by atomic mass is 16.5. The van der Waals surface area contributed by atoms with Crippen LogP contribution >= 0.6 is 0 Å². The number of likely N-dealkylation sites (tertiary alicyclic amines) is 1. The molecule has 8 heteroatoms. The summed E-state index contributed by atoms with van der Waals surface area (Å²) in [4.78, 5) is 21.2. The number of hydrogen-bond donors (Lipinski definition) is 2. The molecule has 0 radical (unpaired) electrons. The minimum Gasteiger partial charge on any atom is -0.465 e. The minimum absolute atomic E-state index is 0.219. The largest absolute Gasteiger partial charge is 0.465 e. The van der Waals surface area contributed by atoms with Gasteiger partial charge in [-0.05, 0) is 25.8 Å². The van der Waals surface area contributed by atoms with Crippen molar-refractivity contribution in [3.63, 3.8) is 0 Å². The Morgan fingerprint density at radius 3 is 2.96 bits per heavy atom. The lowest BCUT2D eigenvalue weighted by Crippen LogP contribution is -2.42. The van der Waals surface area contributed by atoms with Gasteiger partial charge in [0.05, 0.1) is 18.3 Å². The summed E-state index contributed by atoms with van der Waals surface area (Å²) in [5, 5.41) is 12.5. The standard InChI is InChI=1S/C16H23N5O3/c1-2-24-10-9-21-14-3-6-17-11-13(14)19-15(21)18-12-4-7-20(8-5-12)16(22)23/h3,6,11-12H,2,4-5,7-10H2,1H3,(H,18,19)(H,22,23). The lowest BCUT2D eigenvalue weighted by atomic mass is 10.1. The monoisotopic (exact) mass is 333 g/mol. The lowest BCUT2D eigenvalue weighted by molar-refractivity contribution is 0.133. The number of amides is 1. The van der Waals surface area contributed by atoms with Gasteiger partial charge >= 0.3 is 6.09 Å². The summed E-state index contributed by atoms with van der Waals surface area (Å²) in [5.74, 6) is 0.798. The molecule has 3 rings (SSSR count). The van der Waals surface area contributed by atoms with E-state index in [2.05, 4.69) is 19.9 Å². The third-order valence-corrected chi connectivity index (χ3v) is 4.31. The van der Waals surface area contributed by atoms with Gasteiger partial charge in [-0.1, -0.05) is 0 Å². The van der Waals surface area contributed by atoms with E-state index in [1.807, 2.05) is 13.0 Å². The first-order chi connectivity index (χ1) is 11.7. The topological polar surface area (TPSA) is 92.5 Å². The first-order valence-corrected chi connectivity index (χ1v) is 8.31. The van der Waals surface area contributed by atoms with Crippen molar-refractivity contribution in [1.82, 2.24) is 19.4 Å². The molecular weight excluding hydrogens is 310 g/mol. The Labute approximate surface area is 140 Å². The molecule has 3 heterocycles. The maximum Gasteiger partial charge on any atom is 0.407 e. The third-order valence-electron chi connectivity index (χ3n) is 4.31. The Morgan fingerprint density at radius 1 is 1.46 bits per heavy atom. The highest BCUT2D eigenvalue weighted by molar-refractivity contribution is 5.77. The molecule has 1 saturated heterocycles. The van der Waals surface area contributed by atoms with Crippen molar-refractivity contribution in [2.75, 3.05) is 31.6 Å². The summed E-state index contributed by atoms with van der Waals surface area (Å²) in [6, 6.07) is 2.17. The number of ether oxygens (including phenoxy) is 1. The molecule has 8 nitrogen and oxygen atoms in total. The first kappa shape index (κ1) is 16.5. The second kappa shape index (κ2) is 7.48. The van der Waals surface area contributed by atoms with Gasteiger partial charge in [0.1, 0.15) is 5.52 Å². The van der Waals surface area contributed by atoms with E-state index in [9.17, 15) is 4.79 Å². The molecule has 130 valence electrons. The molecule has 0 aromatic carbocycles. The van der Waals surface area contributed by atoms with Crippen LogP contribution in [0.15, 0.2) is 18.5 Å². The summed E-state index contributed by atoms with van der Waals surface area (Å²) in [6.07, 6.45) is 4.22. The number of hydrogen-bond acceptors (Lipinski definition) is 5. The van der Waals surface area contributed by atoms with E-state index in [0.29, 0.717) is 32.8 Å². The van der Waals surface area contributed by atoms with Crippen LogP contribution < -0.4 is 5.32 Å². The number of pyridine rings is 1. The van der Waals surface area contributed by atoms with E-state index in [-0.39, 0.29) is 6.04 Å². The molecular formula is C16H23N5O3. The molecule has 2 aromatic heterocycles. The molecule has 2 N–H and O–H groups in total. The number of nitrogens with zero attached hydrogens (tertiary/aromatic N) is 4. The number of carbonyl (C=O) groups is 1. The predicted octanol–water partition coefficient (Wildman–Crippen LogP) is 2.02. The van der Waals surface area contributed by atoms with Crippen LogP contribution in [0.3, 0.4) is 0 Å². The molecule has 1 fully saturated rings. The van der Waals surface area contributed by atoms with Gasteiger partial charge in [0.2, 0.25) is 5.95 Å². The molecule has 24 heavy (non-hydrogen) atoms. The fourth-order valence-electron chi connectivity index (χ4n) is 3.02. The van der Waals surface area contributed by atoms with E-state index >= 15 is 0 Å². The second-order valence-corrected chi connectivity index (χ2v) is 5.84. The average Bonchev–Trinajstić information content (AvgIpc) is 2.93. The molecule has 2 aromatic rings. The van der Waals surface area contributed by atoms with Gasteiger partial charge in [-0.2, -0.15) is 0 Å². The molecule has 0 saturated carbocycles. The fourth-order valence-corrected chi connectivity index (χ4v) is 3.02. The van der Waals surface area contributed by atoms with Gasteiger partial charge in [0, 0.05) is 38.5 Å². The third kappa shape index (κ3) is 3.59. The number of imidazole rings is 1. The average molecular weight is 333 g/mol. The van der Waals surface area contributed by atoms with Crippen LogP contribution in [-0.2, 0) is 11.3 Å². The van der Waals surface area contributed by atoms with E-state index in [1.165, 1.54) is 4.90 Å². The van der Waals surface area contributed by atoms with Crippen molar-refractivity contribution in [2.45, 2.75) is 32.4 Å². The molecule has 1 aliphatic heterocycles. The quantitative estimate of drug-likeness (QED) is 0.786. The molecule has 0 atom stereocenters. The Morgan fingerprint density at radius 2 is 2.25 bits per heavy atom. The van der Waals surface area contributed by atoms with Crippen LogP contribution in [0.2, 0.25) is 0 Å². The number of carboxylic acid groups (broad SMARTS) is 1. The van der Waals surface area contributed by atoms with Crippen LogP contribution in [0, 0.1) is 0 Å². The van der Waals surface area contributed by atoms with Crippen LogP contribution in [0.25, 0.3) is 11.0 Å². The molecule has 0 aliphatic carbocycles. The Hall–Kier alpha value is -2.35. The Bertz CT molecular complexity index is 694.